The second-order valence-electron chi connectivity index (χ2n) is 5.92. The third-order valence-electron chi connectivity index (χ3n) is 4.09. The fraction of sp³-hybridized carbons (Fsp3) is 0.562. The summed E-state index contributed by atoms with van der Waals surface area (Å²) in [5.41, 5.74) is 7.10. The second kappa shape index (κ2) is 6.86. The molecule has 1 aromatic rings. The zero-order valence-corrected chi connectivity index (χ0v) is 12.4. The van der Waals surface area contributed by atoms with Crippen LogP contribution in [0.5, 0.6) is 0 Å². The lowest BCUT2D eigenvalue weighted by Gasteiger charge is -2.35. The first kappa shape index (κ1) is 15.0. The Balaban J connectivity index is 1.83. The van der Waals surface area contributed by atoms with Gasteiger partial charge in [-0.25, -0.2) is 0 Å². The SMILES string of the molecule is CC1CN(C)CCC1NC(=O)CC(N)c1ccccc1. The fourth-order valence-electron chi connectivity index (χ4n) is 2.85. The molecule has 0 spiro atoms. The monoisotopic (exact) mass is 275 g/mol. The van der Waals surface area contributed by atoms with Crippen LogP contribution in [0.2, 0.25) is 0 Å². The van der Waals surface area contributed by atoms with E-state index in [0.29, 0.717) is 12.3 Å². The number of nitrogens with one attached hydrogen (secondary N) is 1. The molecule has 1 heterocycles. The molecule has 110 valence electrons. The molecule has 1 saturated heterocycles. The summed E-state index contributed by atoms with van der Waals surface area (Å²) in [5, 5.41) is 3.14. The molecule has 3 N–H and O–H groups in total. The molecule has 0 radical (unpaired) electrons. The first-order valence-corrected chi connectivity index (χ1v) is 7.34. The van der Waals surface area contributed by atoms with Crippen molar-refractivity contribution in [3.8, 4) is 0 Å². The summed E-state index contributed by atoms with van der Waals surface area (Å²) < 4.78 is 0. The van der Waals surface area contributed by atoms with Gasteiger partial charge in [0, 0.05) is 25.0 Å². The van der Waals surface area contributed by atoms with Gasteiger partial charge in [0.2, 0.25) is 5.91 Å². The summed E-state index contributed by atoms with van der Waals surface area (Å²) in [5.74, 6) is 0.549. The third kappa shape index (κ3) is 4.05. The number of benzene rings is 1. The molecule has 3 atom stereocenters. The highest BCUT2D eigenvalue weighted by Gasteiger charge is 2.25. The summed E-state index contributed by atoms with van der Waals surface area (Å²) in [6.45, 7) is 4.27. The number of rotatable bonds is 4. The molecule has 4 heteroatoms. The van der Waals surface area contributed by atoms with Crippen molar-refractivity contribution in [1.29, 1.82) is 0 Å². The Morgan fingerprint density at radius 2 is 2.15 bits per heavy atom. The lowest BCUT2D eigenvalue weighted by atomic mass is 9.94. The molecule has 0 aromatic heterocycles. The van der Waals surface area contributed by atoms with E-state index in [2.05, 4.69) is 24.2 Å². The van der Waals surface area contributed by atoms with E-state index in [0.717, 1.165) is 25.1 Å². The lowest BCUT2D eigenvalue weighted by Crippen LogP contribution is -2.49. The van der Waals surface area contributed by atoms with E-state index in [4.69, 9.17) is 5.73 Å². The van der Waals surface area contributed by atoms with Crippen LogP contribution in [0.15, 0.2) is 30.3 Å². The number of amides is 1. The molecule has 1 amide bonds. The van der Waals surface area contributed by atoms with Crippen molar-refractivity contribution in [3.05, 3.63) is 35.9 Å². The molecule has 0 aliphatic carbocycles. The summed E-state index contributed by atoms with van der Waals surface area (Å²) in [4.78, 5) is 14.4. The number of nitrogens with two attached hydrogens (primary N) is 1. The number of nitrogens with zero attached hydrogens (tertiary/aromatic N) is 1. The fourth-order valence-corrected chi connectivity index (χ4v) is 2.85. The molecular formula is C16H25N3O. The zero-order valence-electron chi connectivity index (χ0n) is 12.4. The lowest BCUT2D eigenvalue weighted by molar-refractivity contribution is -0.122. The van der Waals surface area contributed by atoms with Crippen LogP contribution in [0.25, 0.3) is 0 Å². The molecule has 1 aliphatic rings. The number of hydrogen-bond acceptors (Lipinski definition) is 3. The van der Waals surface area contributed by atoms with E-state index >= 15 is 0 Å². The Kier molecular flexibility index (Phi) is 5.15. The van der Waals surface area contributed by atoms with Crippen molar-refractivity contribution in [2.45, 2.75) is 31.8 Å². The van der Waals surface area contributed by atoms with Crippen LogP contribution in [0, 0.1) is 5.92 Å². The van der Waals surface area contributed by atoms with Crippen LogP contribution < -0.4 is 11.1 Å². The Labute approximate surface area is 121 Å². The van der Waals surface area contributed by atoms with Gasteiger partial charge in [-0.3, -0.25) is 4.79 Å². The van der Waals surface area contributed by atoms with Crippen LogP contribution in [0.4, 0.5) is 0 Å². The Morgan fingerprint density at radius 1 is 1.45 bits per heavy atom. The molecule has 0 bridgehead atoms. The molecule has 0 saturated carbocycles. The van der Waals surface area contributed by atoms with Gasteiger partial charge in [-0.1, -0.05) is 37.3 Å². The van der Waals surface area contributed by atoms with Crippen molar-refractivity contribution in [2.75, 3.05) is 20.1 Å². The van der Waals surface area contributed by atoms with Crippen molar-refractivity contribution < 1.29 is 4.79 Å². The van der Waals surface area contributed by atoms with Gasteiger partial charge in [-0.15, -0.1) is 0 Å². The van der Waals surface area contributed by atoms with E-state index in [-0.39, 0.29) is 18.0 Å². The quantitative estimate of drug-likeness (QED) is 0.876. The smallest absolute Gasteiger partial charge is 0.222 e. The summed E-state index contributed by atoms with van der Waals surface area (Å²) in [6, 6.07) is 9.85. The van der Waals surface area contributed by atoms with Crippen LogP contribution in [-0.4, -0.2) is 37.0 Å². The Bertz CT molecular complexity index is 435. The van der Waals surface area contributed by atoms with Gasteiger partial charge >= 0.3 is 0 Å². The predicted molar refractivity (Wildman–Crippen MR) is 81.2 cm³/mol. The maximum atomic E-state index is 12.1. The average Bonchev–Trinajstić information content (AvgIpc) is 2.43. The van der Waals surface area contributed by atoms with E-state index in [9.17, 15) is 4.79 Å². The number of carbonyl (C=O) groups excluding carboxylic acids is 1. The van der Waals surface area contributed by atoms with Crippen molar-refractivity contribution in [1.82, 2.24) is 10.2 Å². The van der Waals surface area contributed by atoms with Crippen LogP contribution in [-0.2, 0) is 4.79 Å². The number of likely N-dealkylation sites (tertiary alicyclic amines) is 1. The molecule has 4 nitrogen and oxygen atoms in total. The maximum absolute atomic E-state index is 12.1. The van der Waals surface area contributed by atoms with Gasteiger partial charge in [0.15, 0.2) is 0 Å². The van der Waals surface area contributed by atoms with Crippen LogP contribution in [0.3, 0.4) is 0 Å². The second-order valence-corrected chi connectivity index (χ2v) is 5.92. The van der Waals surface area contributed by atoms with Gasteiger partial charge in [0.1, 0.15) is 0 Å². The minimum Gasteiger partial charge on any atom is -0.353 e. The highest BCUT2D eigenvalue weighted by Crippen LogP contribution is 2.17. The number of hydrogen-bond donors (Lipinski definition) is 2. The Morgan fingerprint density at radius 3 is 2.80 bits per heavy atom. The van der Waals surface area contributed by atoms with Crippen molar-refractivity contribution in [3.63, 3.8) is 0 Å². The highest BCUT2D eigenvalue weighted by molar-refractivity contribution is 5.77. The van der Waals surface area contributed by atoms with E-state index in [1.54, 1.807) is 0 Å². The topological polar surface area (TPSA) is 58.4 Å². The minimum absolute atomic E-state index is 0.0581. The van der Waals surface area contributed by atoms with E-state index in [1.165, 1.54) is 0 Å². The molecule has 2 rings (SSSR count). The van der Waals surface area contributed by atoms with E-state index < -0.39 is 0 Å². The van der Waals surface area contributed by atoms with Crippen LogP contribution in [0.1, 0.15) is 31.4 Å². The molecule has 20 heavy (non-hydrogen) atoms. The summed E-state index contributed by atoms with van der Waals surface area (Å²) in [7, 11) is 2.12. The van der Waals surface area contributed by atoms with E-state index in [1.807, 2.05) is 30.3 Å². The molecule has 3 unspecified atom stereocenters. The largest absolute Gasteiger partial charge is 0.353 e. The minimum atomic E-state index is -0.224. The van der Waals surface area contributed by atoms with Crippen molar-refractivity contribution in [2.24, 2.45) is 11.7 Å². The normalized spacial score (nSPS) is 25.1. The molecule has 1 aromatic carbocycles. The van der Waals surface area contributed by atoms with Gasteiger partial charge in [0.05, 0.1) is 0 Å². The van der Waals surface area contributed by atoms with Gasteiger partial charge in [-0.2, -0.15) is 0 Å². The number of piperidine rings is 1. The van der Waals surface area contributed by atoms with Gasteiger partial charge in [0.25, 0.3) is 0 Å². The standard InChI is InChI=1S/C16H25N3O/c1-12-11-19(2)9-8-15(12)18-16(20)10-14(17)13-6-4-3-5-7-13/h3-7,12,14-15H,8-11,17H2,1-2H3,(H,18,20). The maximum Gasteiger partial charge on any atom is 0.222 e. The molecule has 1 fully saturated rings. The Hall–Kier alpha value is -1.39. The highest BCUT2D eigenvalue weighted by atomic mass is 16.1. The third-order valence-corrected chi connectivity index (χ3v) is 4.09. The predicted octanol–water partition coefficient (Wildman–Crippen LogP) is 1.53. The zero-order chi connectivity index (χ0) is 14.5. The van der Waals surface area contributed by atoms with Gasteiger partial charge < -0.3 is 16.0 Å². The average molecular weight is 275 g/mol. The van der Waals surface area contributed by atoms with Crippen LogP contribution >= 0.6 is 0 Å². The first-order chi connectivity index (χ1) is 9.56. The molecule has 1 aliphatic heterocycles. The number of carbonyl (C=O) groups is 1. The van der Waals surface area contributed by atoms with Crippen molar-refractivity contribution >= 4 is 5.91 Å². The molecular weight excluding hydrogens is 250 g/mol. The first-order valence-electron chi connectivity index (χ1n) is 7.34. The van der Waals surface area contributed by atoms with Gasteiger partial charge in [-0.05, 0) is 31.5 Å². The summed E-state index contributed by atoms with van der Waals surface area (Å²) in [6.07, 6.45) is 1.37. The summed E-state index contributed by atoms with van der Waals surface area (Å²) >= 11 is 0.